The van der Waals surface area contributed by atoms with E-state index in [0.717, 1.165) is 15.6 Å². The molecule has 2 nitrogen and oxygen atoms in total. The summed E-state index contributed by atoms with van der Waals surface area (Å²) in [4.78, 5) is 0. The Morgan fingerprint density at radius 3 is 2.58 bits per heavy atom. The molecule has 0 atom stereocenters. The minimum absolute atomic E-state index is 0.0306. The number of hydrogen-bond donors (Lipinski definition) is 1. The van der Waals surface area contributed by atoms with E-state index in [4.69, 9.17) is 4.74 Å². The Hall–Kier alpha value is -1.58. The molecule has 0 radical (unpaired) electrons. The van der Waals surface area contributed by atoms with Crippen LogP contribution in [0.15, 0.2) is 59.1 Å². The van der Waals surface area contributed by atoms with Crippen LogP contribution in [0.4, 0.5) is 0 Å². The first kappa shape index (κ1) is 13.8. The molecule has 19 heavy (non-hydrogen) atoms. The van der Waals surface area contributed by atoms with Crippen LogP contribution in [-0.4, -0.2) is 11.7 Å². The molecule has 0 aromatic heterocycles. The van der Waals surface area contributed by atoms with Crippen molar-refractivity contribution in [1.82, 2.24) is 0 Å². The minimum atomic E-state index is -0.0306. The molecule has 0 saturated carbocycles. The van der Waals surface area contributed by atoms with Crippen LogP contribution < -0.4 is 4.74 Å². The average Bonchev–Trinajstić information content (AvgIpc) is 2.46. The molecule has 98 valence electrons. The monoisotopic (exact) mass is 318 g/mol. The van der Waals surface area contributed by atoms with E-state index in [0.29, 0.717) is 12.4 Å². The van der Waals surface area contributed by atoms with E-state index in [-0.39, 0.29) is 6.61 Å². The lowest BCUT2D eigenvalue weighted by molar-refractivity contribution is 0.269. The molecule has 0 aliphatic heterocycles. The van der Waals surface area contributed by atoms with Gasteiger partial charge in [-0.1, -0.05) is 48.5 Å². The third-order valence-corrected chi connectivity index (χ3v) is 3.28. The van der Waals surface area contributed by atoms with E-state index in [1.165, 1.54) is 0 Å². The van der Waals surface area contributed by atoms with Crippen LogP contribution in [0, 0.1) is 0 Å². The van der Waals surface area contributed by atoms with Crippen LogP contribution in [-0.2, 0) is 6.61 Å². The second-order valence-electron chi connectivity index (χ2n) is 4.01. The number of ether oxygens (including phenoxy) is 1. The van der Waals surface area contributed by atoms with Crippen molar-refractivity contribution < 1.29 is 9.84 Å². The molecule has 0 unspecified atom stereocenters. The van der Waals surface area contributed by atoms with Crippen molar-refractivity contribution in [1.29, 1.82) is 0 Å². The molecule has 0 amide bonds. The largest absolute Gasteiger partial charge is 0.488 e. The average molecular weight is 319 g/mol. The van der Waals surface area contributed by atoms with Crippen molar-refractivity contribution in [3.8, 4) is 5.75 Å². The second kappa shape index (κ2) is 7.12. The number of aliphatic hydroxyl groups excluding tert-OH is 1. The topological polar surface area (TPSA) is 29.5 Å². The first-order valence-corrected chi connectivity index (χ1v) is 6.83. The number of halogens is 1. The fourth-order valence-corrected chi connectivity index (χ4v) is 2.24. The van der Waals surface area contributed by atoms with Gasteiger partial charge in [-0.2, -0.15) is 0 Å². The van der Waals surface area contributed by atoms with Gasteiger partial charge in [0.15, 0.2) is 0 Å². The lowest BCUT2D eigenvalue weighted by Crippen LogP contribution is -1.98. The normalized spacial score (nSPS) is 10.8. The van der Waals surface area contributed by atoms with E-state index in [2.05, 4.69) is 15.9 Å². The highest BCUT2D eigenvalue weighted by atomic mass is 79.9. The fourth-order valence-electron chi connectivity index (χ4n) is 1.72. The first-order chi connectivity index (χ1) is 9.31. The predicted octanol–water partition coefficient (Wildman–Crippen LogP) is 4.03. The zero-order valence-corrected chi connectivity index (χ0v) is 12.0. The van der Waals surface area contributed by atoms with Crippen molar-refractivity contribution >= 4 is 22.0 Å². The fraction of sp³-hybridized carbons (Fsp3) is 0.125. The van der Waals surface area contributed by atoms with Crippen LogP contribution >= 0.6 is 15.9 Å². The molecule has 0 fully saturated rings. The number of hydrogen-bond acceptors (Lipinski definition) is 2. The maximum absolute atomic E-state index is 9.26. The molecular formula is C16H15BrO2. The summed E-state index contributed by atoms with van der Waals surface area (Å²) < 4.78 is 6.54. The molecule has 3 heteroatoms. The maximum Gasteiger partial charge on any atom is 0.139 e. The third kappa shape index (κ3) is 3.94. The molecule has 1 N–H and O–H groups in total. The molecule has 2 rings (SSSR count). The zero-order valence-electron chi connectivity index (χ0n) is 10.4. The summed E-state index contributed by atoms with van der Waals surface area (Å²) in [6.45, 7) is 0.432. The molecular weight excluding hydrogens is 304 g/mol. The number of benzene rings is 2. The summed E-state index contributed by atoms with van der Waals surface area (Å²) in [5, 5.41) is 9.26. The van der Waals surface area contributed by atoms with Crippen LogP contribution in [0.5, 0.6) is 5.75 Å². The molecule has 0 spiro atoms. The summed E-state index contributed by atoms with van der Waals surface area (Å²) in [7, 11) is 0. The highest BCUT2D eigenvalue weighted by Crippen LogP contribution is 2.29. The Morgan fingerprint density at radius 1 is 1.05 bits per heavy atom. The van der Waals surface area contributed by atoms with Gasteiger partial charge in [-0.15, -0.1) is 0 Å². The van der Waals surface area contributed by atoms with Gasteiger partial charge in [0.1, 0.15) is 12.4 Å². The van der Waals surface area contributed by atoms with Gasteiger partial charge in [0, 0.05) is 5.56 Å². The van der Waals surface area contributed by atoms with Gasteiger partial charge in [0.05, 0.1) is 11.1 Å². The Labute approximate surface area is 121 Å². The molecule has 0 aliphatic carbocycles. The SMILES string of the molecule is OCc1cccc(Br)c1OC/C=C/c1ccccc1. The summed E-state index contributed by atoms with van der Waals surface area (Å²) in [5.74, 6) is 0.697. The first-order valence-electron chi connectivity index (χ1n) is 6.04. The van der Waals surface area contributed by atoms with Crippen molar-refractivity contribution in [2.24, 2.45) is 0 Å². The third-order valence-electron chi connectivity index (χ3n) is 2.65. The van der Waals surface area contributed by atoms with Gasteiger partial charge in [-0.3, -0.25) is 0 Å². The Bertz CT molecular complexity index is 550. The lowest BCUT2D eigenvalue weighted by Gasteiger charge is -2.10. The summed E-state index contributed by atoms with van der Waals surface area (Å²) in [5.41, 5.74) is 1.92. The standard InChI is InChI=1S/C16H15BrO2/c17-15-10-4-9-14(12-18)16(15)19-11-5-8-13-6-2-1-3-7-13/h1-10,18H,11-12H2/b8-5+. The van der Waals surface area contributed by atoms with Crippen LogP contribution in [0.1, 0.15) is 11.1 Å². The van der Waals surface area contributed by atoms with E-state index < -0.39 is 0 Å². The van der Waals surface area contributed by atoms with Gasteiger partial charge in [0.2, 0.25) is 0 Å². The van der Waals surface area contributed by atoms with Crippen molar-refractivity contribution in [3.63, 3.8) is 0 Å². The smallest absolute Gasteiger partial charge is 0.139 e. The van der Waals surface area contributed by atoms with Crippen molar-refractivity contribution in [3.05, 3.63) is 70.2 Å². The highest BCUT2D eigenvalue weighted by Gasteiger charge is 2.05. The van der Waals surface area contributed by atoms with E-state index >= 15 is 0 Å². The Kier molecular flexibility index (Phi) is 5.19. The molecule has 0 saturated heterocycles. The minimum Gasteiger partial charge on any atom is -0.488 e. The van der Waals surface area contributed by atoms with Gasteiger partial charge >= 0.3 is 0 Å². The van der Waals surface area contributed by atoms with Crippen LogP contribution in [0.3, 0.4) is 0 Å². The van der Waals surface area contributed by atoms with Gasteiger partial charge < -0.3 is 9.84 Å². The summed E-state index contributed by atoms with van der Waals surface area (Å²) in [6.07, 6.45) is 3.96. The van der Waals surface area contributed by atoms with E-state index in [1.54, 1.807) is 0 Å². The molecule has 0 bridgehead atoms. The van der Waals surface area contributed by atoms with Crippen molar-refractivity contribution in [2.45, 2.75) is 6.61 Å². The predicted molar refractivity (Wildman–Crippen MR) is 81.0 cm³/mol. The zero-order chi connectivity index (χ0) is 13.5. The van der Waals surface area contributed by atoms with Crippen LogP contribution in [0.25, 0.3) is 6.08 Å². The molecule has 0 heterocycles. The van der Waals surface area contributed by atoms with Crippen molar-refractivity contribution in [2.75, 3.05) is 6.61 Å². The van der Waals surface area contributed by atoms with Crippen LogP contribution in [0.2, 0.25) is 0 Å². The number of aliphatic hydroxyl groups is 1. The Morgan fingerprint density at radius 2 is 1.84 bits per heavy atom. The highest BCUT2D eigenvalue weighted by molar-refractivity contribution is 9.10. The quantitative estimate of drug-likeness (QED) is 0.901. The lowest BCUT2D eigenvalue weighted by atomic mass is 10.2. The van der Waals surface area contributed by atoms with E-state index in [9.17, 15) is 5.11 Å². The van der Waals surface area contributed by atoms with E-state index in [1.807, 2.05) is 60.7 Å². The second-order valence-corrected chi connectivity index (χ2v) is 4.86. The summed E-state index contributed by atoms with van der Waals surface area (Å²) >= 11 is 3.42. The molecule has 0 aliphatic rings. The maximum atomic E-state index is 9.26. The molecule has 2 aromatic rings. The molecule has 2 aromatic carbocycles. The summed E-state index contributed by atoms with van der Waals surface area (Å²) in [6, 6.07) is 15.7. The number of rotatable bonds is 5. The van der Waals surface area contributed by atoms with Gasteiger partial charge in [-0.05, 0) is 33.6 Å². The van der Waals surface area contributed by atoms with Gasteiger partial charge in [-0.25, -0.2) is 0 Å². The number of para-hydroxylation sites is 1. The Balaban J connectivity index is 1.98. The van der Waals surface area contributed by atoms with Gasteiger partial charge in [0.25, 0.3) is 0 Å².